The fourth-order valence-electron chi connectivity index (χ4n) is 2.23. The first-order valence-corrected chi connectivity index (χ1v) is 7.81. The van der Waals surface area contributed by atoms with Gasteiger partial charge in [-0.1, -0.05) is 50.2 Å². The second kappa shape index (κ2) is 5.31. The van der Waals surface area contributed by atoms with Crippen LogP contribution in [0.2, 0.25) is 0 Å². The van der Waals surface area contributed by atoms with Gasteiger partial charge < -0.3 is 0 Å². The van der Waals surface area contributed by atoms with Crippen LogP contribution in [0.1, 0.15) is 25.8 Å². The van der Waals surface area contributed by atoms with E-state index in [4.69, 9.17) is 0 Å². The molecule has 102 valence electrons. The van der Waals surface area contributed by atoms with Gasteiger partial charge in [0, 0.05) is 5.39 Å². The van der Waals surface area contributed by atoms with Crippen molar-refractivity contribution in [2.24, 2.45) is 5.92 Å². The zero-order valence-corrected chi connectivity index (χ0v) is 11.9. The van der Waals surface area contributed by atoms with E-state index in [1.54, 1.807) is 18.2 Å². The first-order valence-electron chi connectivity index (χ1n) is 6.37. The summed E-state index contributed by atoms with van der Waals surface area (Å²) in [5, 5.41) is 1.41. The summed E-state index contributed by atoms with van der Waals surface area (Å²) in [6.45, 7) is 4.18. The smallest absolute Gasteiger partial charge is 0.282 e. The van der Waals surface area contributed by atoms with Crippen LogP contribution in [0.15, 0.2) is 41.3 Å². The maximum atomic E-state index is 11.7. The molecular formula is C15H18O3S. The molecule has 0 atom stereocenters. The summed E-state index contributed by atoms with van der Waals surface area (Å²) in [6, 6.07) is 10.9. The maximum absolute atomic E-state index is 11.7. The van der Waals surface area contributed by atoms with Crippen molar-refractivity contribution in [3.05, 3.63) is 42.0 Å². The van der Waals surface area contributed by atoms with Gasteiger partial charge in [0.05, 0.1) is 0 Å². The summed E-state index contributed by atoms with van der Waals surface area (Å²) in [6.07, 6.45) is 1.54. The highest BCUT2D eigenvalue weighted by molar-refractivity contribution is 7.86. The minimum absolute atomic E-state index is 0.0613. The first-order chi connectivity index (χ1) is 8.89. The van der Waals surface area contributed by atoms with Crippen molar-refractivity contribution in [1.29, 1.82) is 0 Å². The van der Waals surface area contributed by atoms with E-state index in [1.165, 1.54) is 0 Å². The van der Waals surface area contributed by atoms with Crippen molar-refractivity contribution in [2.45, 2.75) is 31.6 Å². The van der Waals surface area contributed by atoms with Gasteiger partial charge in [0.15, 0.2) is 0 Å². The Kier molecular flexibility index (Phi) is 3.92. The molecule has 0 aliphatic heterocycles. The second-order valence-electron chi connectivity index (χ2n) is 5.18. The minimum atomic E-state index is -4.21. The lowest BCUT2D eigenvalue weighted by Crippen LogP contribution is -2.05. The molecule has 2 aromatic carbocycles. The van der Waals surface area contributed by atoms with Crippen LogP contribution in [0.25, 0.3) is 10.8 Å². The predicted octanol–water partition coefficient (Wildman–Crippen LogP) is 3.68. The van der Waals surface area contributed by atoms with Gasteiger partial charge in [-0.25, -0.2) is 0 Å². The van der Waals surface area contributed by atoms with Gasteiger partial charge >= 0.3 is 0 Å². The molecule has 0 aromatic heterocycles. The molecule has 0 saturated carbocycles. The second-order valence-corrected chi connectivity index (χ2v) is 6.54. The average molecular weight is 278 g/mol. The summed E-state index contributed by atoms with van der Waals surface area (Å²) in [5.74, 6) is 0.487. The number of rotatable bonds is 4. The maximum Gasteiger partial charge on any atom is 0.295 e. The number of fused-ring (bicyclic) bond motifs is 1. The topological polar surface area (TPSA) is 54.4 Å². The summed E-state index contributed by atoms with van der Waals surface area (Å²) in [7, 11) is -4.21. The summed E-state index contributed by atoms with van der Waals surface area (Å²) in [5.41, 5.74) is 0.690. The SMILES string of the molecule is CC(C)CCc1ccc2ccccc2c1S(=O)(=O)O. The third-order valence-electron chi connectivity index (χ3n) is 3.21. The highest BCUT2D eigenvalue weighted by Gasteiger charge is 2.19. The van der Waals surface area contributed by atoms with Gasteiger partial charge in [-0.15, -0.1) is 0 Å². The molecule has 0 aliphatic carbocycles. The van der Waals surface area contributed by atoms with Gasteiger partial charge in [0.1, 0.15) is 4.90 Å². The van der Waals surface area contributed by atoms with E-state index in [1.807, 2.05) is 18.2 Å². The Morgan fingerprint density at radius 3 is 2.42 bits per heavy atom. The van der Waals surface area contributed by atoms with E-state index >= 15 is 0 Å². The van der Waals surface area contributed by atoms with Crippen LogP contribution in [-0.4, -0.2) is 13.0 Å². The molecule has 0 spiro atoms. The van der Waals surface area contributed by atoms with Crippen molar-refractivity contribution in [1.82, 2.24) is 0 Å². The van der Waals surface area contributed by atoms with Crippen molar-refractivity contribution >= 4 is 20.9 Å². The van der Waals surface area contributed by atoms with Crippen LogP contribution >= 0.6 is 0 Å². The molecule has 0 amide bonds. The standard InChI is InChI=1S/C15H18O3S/c1-11(2)7-8-13-10-9-12-5-3-4-6-14(12)15(13)19(16,17)18/h3-6,9-11H,7-8H2,1-2H3,(H,16,17,18). The molecule has 0 saturated heterocycles. The van der Waals surface area contributed by atoms with E-state index < -0.39 is 10.1 Å². The van der Waals surface area contributed by atoms with Gasteiger partial charge in [0.25, 0.3) is 10.1 Å². The Morgan fingerprint density at radius 2 is 1.79 bits per heavy atom. The minimum Gasteiger partial charge on any atom is -0.282 e. The van der Waals surface area contributed by atoms with Gasteiger partial charge in [-0.2, -0.15) is 8.42 Å². The monoisotopic (exact) mass is 278 g/mol. The van der Waals surface area contributed by atoms with E-state index in [0.717, 1.165) is 11.8 Å². The molecule has 3 nitrogen and oxygen atoms in total. The number of hydrogen-bond acceptors (Lipinski definition) is 2. The molecule has 19 heavy (non-hydrogen) atoms. The summed E-state index contributed by atoms with van der Waals surface area (Å²) in [4.78, 5) is 0.0613. The third-order valence-corrected chi connectivity index (χ3v) is 4.21. The molecule has 2 aromatic rings. The zero-order chi connectivity index (χ0) is 14.0. The Morgan fingerprint density at radius 1 is 1.11 bits per heavy atom. The van der Waals surface area contributed by atoms with Gasteiger partial charge in [-0.05, 0) is 29.7 Å². The summed E-state index contributed by atoms with van der Waals surface area (Å²) >= 11 is 0. The highest BCUT2D eigenvalue weighted by atomic mass is 32.2. The lowest BCUT2D eigenvalue weighted by atomic mass is 10.00. The van der Waals surface area contributed by atoms with Crippen LogP contribution in [0.5, 0.6) is 0 Å². The van der Waals surface area contributed by atoms with Crippen LogP contribution in [0.4, 0.5) is 0 Å². The lowest BCUT2D eigenvalue weighted by molar-refractivity contribution is 0.482. The third kappa shape index (κ3) is 3.14. The predicted molar refractivity (Wildman–Crippen MR) is 76.9 cm³/mol. The van der Waals surface area contributed by atoms with Gasteiger partial charge in [0.2, 0.25) is 0 Å². The van der Waals surface area contributed by atoms with E-state index in [2.05, 4.69) is 13.8 Å². The molecule has 0 radical (unpaired) electrons. The van der Waals surface area contributed by atoms with Crippen LogP contribution in [-0.2, 0) is 16.5 Å². The zero-order valence-electron chi connectivity index (χ0n) is 11.1. The van der Waals surface area contributed by atoms with E-state index in [0.29, 0.717) is 23.3 Å². The largest absolute Gasteiger partial charge is 0.295 e. The normalized spacial score (nSPS) is 12.2. The Hall–Kier alpha value is -1.39. The Labute approximate surface area is 114 Å². The number of hydrogen-bond donors (Lipinski definition) is 1. The quantitative estimate of drug-likeness (QED) is 0.868. The van der Waals surface area contributed by atoms with Crippen molar-refractivity contribution in [2.75, 3.05) is 0 Å². The first kappa shape index (κ1) is 14.0. The molecule has 0 bridgehead atoms. The fourth-order valence-corrected chi connectivity index (χ4v) is 3.20. The van der Waals surface area contributed by atoms with Gasteiger partial charge in [-0.3, -0.25) is 4.55 Å². The average Bonchev–Trinajstić information content (AvgIpc) is 2.34. The van der Waals surface area contributed by atoms with Crippen molar-refractivity contribution in [3.8, 4) is 0 Å². The number of benzene rings is 2. The fraction of sp³-hybridized carbons (Fsp3) is 0.333. The number of aryl methyl sites for hydroxylation is 1. The molecule has 1 N–H and O–H groups in total. The van der Waals surface area contributed by atoms with E-state index in [-0.39, 0.29) is 4.90 Å². The highest BCUT2D eigenvalue weighted by Crippen LogP contribution is 2.28. The lowest BCUT2D eigenvalue weighted by Gasteiger charge is -2.12. The van der Waals surface area contributed by atoms with Crippen molar-refractivity contribution < 1.29 is 13.0 Å². The van der Waals surface area contributed by atoms with Crippen LogP contribution in [0, 0.1) is 5.92 Å². The molecule has 2 rings (SSSR count). The molecule has 0 fully saturated rings. The molecule has 0 heterocycles. The van der Waals surface area contributed by atoms with Crippen LogP contribution in [0.3, 0.4) is 0 Å². The molecule has 0 aliphatic rings. The molecule has 4 heteroatoms. The Balaban J connectivity index is 2.64. The molecular weight excluding hydrogens is 260 g/mol. The molecule has 0 unspecified atom stereocenters. The Bertz CT molecular complexity index is 688. The van der Waals surface area contributed by atoms with Crippen LogP contribution < -0.4 is 0 Å². The van der Waals surface area contributed by atoms with Crippen molar-refractivity contribution in [3.63, 3.8) is 0 Å². The van der Waals surface area contributed by atoms with E-state index in [9.17, 15) is 13.0 Å². The summed E-state index contributed by atoms with van der Waals surface area (Å²) < 4.78 is 32.8.